The van der Waals surface area contributed by atoms with Crippen LogP contribution in [0.5, 0.6) is 0 Å². The van der Waals surface area contributed by atoms with E-state index in [9.17, 15) is 4.79 Å². The van der Waals surface area contributed by atoms with Gasteiger partial charge in [-0.2, -0.15) is 0 Å². The fourth-order valence-corrected chi connectivity index (χ4v) is 2.17. The molecule has 1 saturated carbocycles. The standard InChI is InChI=1S/C13H12Cl2N2O/c1-2-5-17(8-9-3-4-9)13(18)10-6-11(14)16-12(15)7-10/h1,6-7,9H,3-5,8H2. The van der Waals surface area contributed by atoms with Crippen LogP contribution in [0.1, 0.15) is 23.2 Å². The van der Waals surface area contributed by atoms with Crippen LogP contribution in [-0.2, 0) is 0 Å². The molecule has 1 heterocycles. The Balaban J connectivity index is 2.18. The largest absolute Gasteiger partial charge is 0.327 e. The minimum Gasteiger partial charge on any atom is -0.327 e. The van der Waals surface area contributed by atoms with E-state index in [0.717, 1.165) is 12.8 Å². The van der Waals surface area contributed by atoms with Gasteiger partial charge >= 0.3 is 0 Å². The lowest BCUT2D eigenvalue weighted by molar-refractivity contribution is 0.0769. The zero-order chi connectivity index (χ0) is 13.1. The number of carbonyl (C=O) groups is 1. The first kappa shape index (κ1) is 13.2. The highest BCUT2D eigenvalue weighted by atomic mass is 35.5. The van der Waals surface area contributed by atoms with Crippen LogP contribution in [-0.4, -0.2) is 28.9 Å². The molecule has 1 aromatic rings. The van der Waals surface area contributed by atoms with Crippen molar-refractivity contribution in [1.82, 2.24) is 9.88 Å². The minimum atomic E-state index is -0.147. The lowest BCUT2D eigenvalue weighted by atomic mass is 10.2. The van der Waals surface area contributed by atoms with Crippen molar-refractivity contribution in [3.63, 3.8) is 0 Å². The van der Waals surface area contributed by atoms with Crippen LogP contribution in [0, 0.1) is 18.3 Å². The predicted molar refractivity (Wildman–Crippen MR) is 71.7 cm³/mol. The summed E-state index contributed by atoms with van der Waals surface area (Å²) in [6.07, 6.45) is 7.61. The molecule has 0 spiro atoms. The van der Waals surface area contributed by atoms with Crippen molar-refractivity contribution in [2.24, 2.45) is 5.92 Å². The third-order valence-electron chi connectivity index (χ3n) is 2.75. The summed E-state index contributed by atoms with van der Waals surface area (Å²) in [5.74, 6) is 2.94. The van der Waals surface area contributed by atoms with Crippen LogP contribution in [0.25, 0.3) is 0 Å². The summed E-state index contributed by atoms with van der Waals surface area (Å²) < 4.78 is 0. The number of amides is 1. The molecule has 5 heteroatoms. The third-order valence-corrected chi connectivity index (χ3v) is 3.14. The number of halogens is 2. The van der Waals surface area contributed by atoms with Crippen molar-refractivity contribution in [1.29, 1.82) is 0 Å². The monoisotopic (exact) mass is 282 g/mol. The molecule has 18 heavy (non-hydrogen) atoms. The molecule has 3 nitrogen and oxygen atoms in total. The Morgan fingerprint density at radius 2 is 2.06 bits per heavy atom. The fraction of sp³-hybridized carbons (Fsp3) is 0.385. The summed E-state index contributed by atoms with van der Waals surface area (Å²) in [7, 11) is 0. The first-order valence-corrected chi connectivity index (χ1v) is 6.41. The molecule has 1 aliphatic carbocycles. The Labute approximate surface area is 116 Å². The maximum atomic E-state index is 12.3. The molecule has 0 N–H and O–H groups in total. The van der Waals surface area contributed by atoms with Crippen molar-refractivity contribution in [3.05, 3.63) is 28.0 Å². The van der Waals surface area contributed by atoms with E-state index in [-0.39, 0.29) is 16.2 Å². The molecule has 0 bridgehead atoms. The van der Waals surface area contributed by atoms with Gasteiger partial charge in [0.1, 0.15) is 10.3 Å². The molecule has 1 aromatic heterocycles. The molecule has 94 valence electrons. The van der Waals surface area contributed by atoms with Gasteiger partial charge < -0.3 is 4.90 Å². The summed E-state index contributed by atoms with van der Waals surface area (Å²) in [6.45, 7) is 0.994. The first-order chi connectivity index (χ1) is 8.60. The minimum absolute atomic E-state index is 0.147. The van der Waals surface area contributed by atoms with Gasteiger partial charge in [0, 0.05) is 12.1 Å². The number of carbonyl (C=O) groups excluding carboxylic acids is 1. The zero-order valence-corrected chi connectivity index (χ0v) is 11.2. The third kappa shape index (κ3) is 3.38. The van der Waals surface area contributed by atoms with Gasteiger partial charge in [-0.15, -0.1) is 6.42 Å². The molecule has 1 aliphatic rings. The lowest BCUT2D eigenvalue weighted by Crippen LogP contribution is -2.33. The Morgan fingerprint density at radius 3 is 2.56 bits per heavy atom. The summed E-state index contributed by atoms with van der Waals surface area (Å²) in [5, 5.41) is 0.413. The number of hydrogen-bond acceptors (Lipinski definition) is 2. The Hall–Kier alpha value is -1.24. The van der Waals surface area contributed by atoms with E-state index in [0.29, 0.717) is 24.6 Å². The highest BCUT2D eigenvalue weighted by Crippen LogP contribution is 2.30. The lowest BCUT2D eigenvalue weighted by Gasteiger charge is -2.20. The molecule has 1 fully saturated rings. The van der Waals surface area contributed by atoms with Gasteiger partial charge in [0.2, 0.25) is 0 Å². The van der Waals surface area contributed by atoms with Crippen molar-refractivity contribution < 1.29 is 4.79 Å². The van der Waals surface area contributed by atoms with Crippen LogP contribution in [0.2, 0.25) is 10.3 Å². The van der Waals surface area contributed by atoms with E-state index in [2.05, 4.69) is 10.9 Å². The molecule has 0 unspecified atom stereocenters. The van der Waals surface area contributed by atoms with Crippen LogP contribution in [0.3, 0.4) is 0 Å². The molecule has 1 amide bonds. The summed E-state index contributed by atoms with van der Waals surface area (Å²) >= 11 is 11.6. The molecular weight excluding hydrogens is 271 g/mol. The zero-order valence-electron chi connectivity index (χ0n) is 9.70. The smallest absolute Gasteiger partial charge is 0.254 e. The number of nitrogens with zero attached hydrogens (tertiary/aromatic N) is 2. The molecule has 0 aromatic carbocycles. The van der Waals surface area contributed by atoms with Gasteiger partial charge in [0.05, 0.1) is 6.54 Å². The predicted octanol–water partition coefficient (Wildman–Crippen LogP) is 2.87. The van der Waals surface area contributed by atoms with E-state index < -0.39 is 0 Å². The van der Waals surface area contributed by atoms with Gasteiger partial charge in [-0.3, -0.25) is 4.79 Å². The molecule has 0 saturated heterocycles. The Bertz CT molecular complexity index is 486. The highest BCUT2D eigenvalue weighted by molar-refractivity contribution is 6.33. The summed E-state index contributed by atoms with van der Waals surface area (Å²) in [5.41, 5.74) is 0.427. The van der Waals surface area contributed by atoms with Gasteiger partial charge in [-0.05, 0) is 30.9 Å². The Morgan fingerprint density at radius 1 is 1.44 bits per heavy atom. The van der Waals surface area contributed by atoms with E-state index in [1.807, 2.05) is 0 Å². The van der Waals surface area contributed by atoms with Crippen molar-refractivity contribution in [3.8, 4) is 12.3 Å². The van der Waals surface area contributed by atoms with Gasteiger partial charge in [0.25, 0.3) is 5.91 Å². The number of rotatable bonds is 4. The second kappa shape index (κ2) is 5.60. The summed E-state index contributed by atoms with van der Waals surface area (Å²) in [4.78, 5) is 17.8. The summed E-state index contributed by atoms with van der Waals surface area (Å²) in [6, 6.07) is 3.01. The van der Waals surface area contributed by atoms with E-state index >= 15 is 0 Å². The van der Waals surface area contributed by atoms with Gasteiger partial charge in [0.15, 0.2) is 0 Å². The van der Waals surface area contributed by atoms with E-state index in [1.54, 1.807) is 4.90 Å². The topological polar surface area (TPSA) is 33.2 Å². The average molecular weight is 283 g/mol. The normalized spacial score (nSPS) is 14.1. The SMILES string of the molecule is C#CCN(CC1CC1)C(=O)c1cc(Cl)nc(Cl)c1. The fourth-order valence-electron chi connectivity index (χ4n) is 1.71. The van der Waals surface area contributed by atoms with Crippen LogP contribution in [0.15, 0.2) is 12.1 Å². The number of pyridine rings is 1. The molecule has 0 atom stereocenters. The van der Waals surface area contributed by atoms with E-state index in [1.165, 1.54) is 12.1 Å². The number of hydrogen-bond donors (Lipinski definition) is 0. The van der Waals surface area contributed by atoms with Crippen LogP contribution < -0.4 is 0 Å². The second-order valence-corrected chi connectivity index (χ2v) is 5.11. The Kier molecular flexibility index (Phi) is 4.11. The molecule has 2 rings (SSSR count). The number of terminal acetylenes is 1. The molecule has 0 radical (unpaired) electrons. The maximum absolute atomic E-state index is 12.3. The number of aromatic nitrogens is 1. The first-order valence-electron chi connectivity index (χ1n) is 5.66. The van der Waals surface area contributed by atoms with Crippen molar-refractivity contribution in [2.45, 2.75) is 12.8 Å². The van der Waals surface area contributed by atoms with Crippen molar-refractivity contribution in [2.75, 3.05) is 13.1 Å². The van der Waals surface area contributed by atoms with Gasteiger partial charge in [-0.25, -0.2) is 4.98 Å². The van der Waals surface area contributed by atoms with Crippen LogP contribution >= 0.6 is 23.2 Å². The van der Waals surface area contributed by atoms with Gasteiger partial charge in [-0.1, -0.05) is 29.1 Å². The molecular formula is C13H12Cl2N2O. The molecule has 0 aliphatic heterocycles. The van der Waals surface area contributed by atoms with Crippen molar-refractivity contribution >= 4 is 29.1 Å². The quantitative estimate of drug-likeness (QED) is 0.629. The highest BCUT2D eigenvalue weighted by Gasteiger charge is 2.27. The maximum Gasteiger partial charge on any atom is 0.254 e. The second-order valence-electron chi connectivity index (χ2n) is 4.33. The van der Waals surface area contributed by atoms with Crippen LogP contribution in [0.4, 0.5) is 0 Å². The average Bonchev–Trinajstić information content (AvgIpc) is 3.10. The van der Waals surface area contributed by atoms with E-state index in [4.69, 9.17) is 29.6 Å².